The Morgan fingerprint density at radius 3 is 3.17 bits per heavy atom. The van der Waals surface area contributed by atoms with E-state index in [4.69, 9.17) is 11.6 Å². The fourth-order valence-electron chi connectivity index (χ4n) is 2.03. The number of nitrogens with zero attached hydrogens (tertiary/aromatic N) is 3. The summed E-state index contributed by atoms with van der Waals surface area (Å²) in [7, 11) is 0. The molecule has 1 amide bonds. The van der Waals surface area contributed by atoms with Crippen LogP contribution in [-0.2, 0) is 4.79 Å². The summed E-state index contributed by atoms with van der Waals surface area (Å²) < 4.78 is 0. The summed E-state index contributed by atoms with van der Waals surface area (Å²) in [6.45, 7) is 2.03. The fraction of sp³-hybridized carbons (Fsp3) is 0.364. The molecule has 0 saturated carbocycles. The van der Waals surface area contributed by atoms with Gasteiger partial charge in [-0.15, -0.1) is 11.3 Å². The van der Waals surface area contributed by atoms with E-state index in [0.717, 1.165) is 22.6 Å². The van der Waals surface area contributed by atoms with Gasteiger partial charge in [-0.2, -0.15) is 4.98 Å². The van der Waals surface area contributed by atoms with Gasteiger partial charge in [-0.05, 0) is 23.0 Å². The van der Waals surface area contributed by atoms with E-state index in [1.165, 1.54) is 0 Å². The summed E-state index contributed by atoms with van der Waals surface area (Å²) >= 11 is 7.49. The van der Waals surface area contributed by atoms with E-state index in [0.29, 0.717) is 19.5 Å². The first-order chi connectivity index (χ1) is 8.74. The van der Waals surface area contributed by atoms with Crippen molar-refractivity contribution in [2.75, 3.05) is 24.5 Å². The lowest BCUT2D eigenvalue weighted by Gasteiger charge is -2.21. The maximum Gasteiger partial charge on any atom is 0.225 e. The topological polar surface area (TPSA) is 58.1 Å². The van der Waals surface area contributed by atoms with Crippen LogP contribution in [0, 0.1) is 0 Å². The van der Waals surface area contributed by atoms with Crippen LogP contribution >= 0.6 is 22.9 Å². The Labute approximate surface area is 113 Å². The average Bonchev–Trinajstić information content (AvgIpc) is 2.70. The zero-order valence-electron chi connectivity index (χ0n) is 9.52. The van der Waals surface area contributed by atoms with Gasteiger partial charge in [0.15, 0.2) is 0 Å². The molecule has 5 nitrogen and oxygen atoms in total. The summed E-state index contributed by atoms with van der Waals surface area (Å²) in [5.41, 5.74) is 0. The summed E-state index contributed by atoms with van der Waals surface area (Å²) in [4.78, 5) is 22.8. The molecule has 18 heavy (non-hydrogen) atoms. The molecular weight excluding hydrogens is 272 g/mol. The molecule has 0 unspecified atom stereocenters. The second-order valence-electron chi connectivity index (χ2n) is 4.04. The molecule has 1 aliphatic rings. The predicted molar refractivity (Wildman–Crippen MR) is 72.3 cm³/mol. The van der Waals surface area contributed by atoms with Gasteiger partial charge in [-0.1, -0.05) is 0 Å². The summed E-state index contributed by atoms with van der Waals surface area (Å²) in [6.07, 6.45) is 0.479. The quantitative estimate of drug-likeness (QED) is 0.809. The van der Waals surface area contributed by atoms with Gasteiger partial charge in [0.2, 0.25) is 11.2 Å². The molecule has 1 N–H and O–H groups in total. The van der Waals surface area contributed by atoms with Gasteiger partial charge in [0.1, 0.15) is 10.6 Å². The molecular formula is C11H11ClN4OS. The van der Waals surface area contributed by atoms with Crippen molar-refractivity contribution in [1.29, 1.82) is 0 Å². The molecule has 3 heterocycles. The van der Waals surface area contributed by atoms with Crippen molar-refractivity contribution < 1.29 is 4.79 Å². The van der Waals surface area contributed by atoms with E-state index >= 15 is 0 Å². The molecule has 0 aromatic carbocycles. The van der Waals surface area contributed by atoms with Crippen molar-refractivity contribution in [2.24, 2.45) is 0 Å². The Morgan fingerprint density at radius 1 is 1.39 bits per heavy atom. The highest BCUT2D eigenvalue weighted by atomic mass is 35.5. The van der Waals surface area contributed by atoms with Gasteiger partial charge < -0.3 is 10.2 Å². The van der Waals surface area contributed by atoms with Crippen LogP contribution in [0.1, 0.15) is 6.42 Å². The third-order valence-electron chi connectivity index (χ3n) is 2.89. The number of rotatable bonds is 1. The van der Waals surface area contributed by atoms with Gasteiger partial charge in [0.05, 0.1) is 5.39 Å². The van der Waals surface area contributed by atoms with Crippen molar-refractivity contribution in [3.8, 4) is 0 Å². The van der Waals surface area contributed by atoms with Crippen molar-refractivity contribution in [2.45, 2.75) is 6.42 Å². The van der Waals surface area contributed by atoms with Crippen molar-refractivity contribution in [3.05, 3.63) is 16.7 Å². The van der Waals surface area contributed by atoms with E-state index in [9.17, 15) is 4.79 Å². The minimum absolute atomic E-state index is 0.0826. The van der Waals surface area contributed by atoms with Crippen LogP contribution in [0.4, 0.5) is 5.82 Å². The van der Waals surface area contributed by atoms with Gasteiger partial charge in [0, 0.05) is 26.1 Å². The number of thiophene rings is 1. The second-order valence-corrected chi connectivity index (χ2v) is 5.28. The summed E-state index contributed by atoms with van der Waals surface area (Å²) in [5, 5.41) is 6.07. The minimum atomic E-state index is 0.0826. The van der Waals surface area contributed by atoms with Crippen molar-refractivity contribution in [1.82, 2.24) is 15.3 Å². The van der Waals surface area contributed by atoms with E-state index in [1.54, 1.807) is 11.3 Å². The molecule has 0 spiro atoms. The maximum atomic E-state index is 11.3. The normalized spacial score (nSPS) is 16.7. The molecule has 2 aromatic heterocycles. The molecule has 0 aliphatic carbocycles. The average molecular weight is 283 g/mol. The molecule has 94 valence electrons. The van der Waals surface area contributed by atoms with Gasteiger partial charge in [-0.3, -0.25) is 4.79 Å². The van der Waals surface area contributed by atoms with Crippen molar-refractivity contribution in [3.63, 3.8) is 0 Å². The van der Waals surface area contributed by atoms with Crippen LogP contribution in [0.2, 0.25) is 5.28 Å². The van der Waals surface area contributed by atoms with Gasteiger partial charge >= 0.3 is 0 Å². The molecule has 0 bridgehead atoms. The predicted octanol–water partition coefficient (Wildman–Crippen LogP) is 1.67. The van der Waals surface area contributed by atoms with Crippen LogP contribution < -0.4 is 10.2 Å². The van der Waals surface area contributed by atoms with E-state index in [2.05, 4.69) is 20.2 Å². The Morgan fingerprint density at radius 2 is 2.28 bits per heavy atom. The fourth-order valence-corrected chi connectivity index (χ4v) is 3.01. The lowest BCUT2D eigenvalue weighted by atomic mass is 10.3. The molecule has 7 heteroatoms. The summed E-state index contributed by atoms with van der Waals surface area (Å²) in [5.74, 6) is 0.905. The highest BCUT2D eigenvalue weighted by Gasteiger charge is 2.18. The number of hydrogen-bond acceptors (Lipinski definition) is 5. The Hall–Kier alpha value is -1.40. The van der Waals surface area contributed by atoms with Gasteiger partial charge in [-0.25, -0.2) is 4.98 Å². The van der Waals surface area contributed by atoms with Crippen LogP contribution in [0.25, 0.3) is 10.2 Å². The highest BCUT2D eigenvalue weighted by molar-refractivity contribution is 7.16. The largest absolute Gasteiger partial charge is 0.354 e. The van der Waals surface area contributed by atoms with Crippen LogP contribution in [-0.4, -0.2) is 35.5 Å². The molecule has 3 rings (SSSR count). The number of aromatic nitrogens is 2. The number of fused-ring (bicyclic) bond motifs is 1. The number of halogens is 1. The first kappa shape index (κ1) is 11.7. The number of carbonyl (C=O) groups excluding carboxylic acids is 1. The lowest BCUT2D eigenvalue weighted by Crippen LogP contribution is -2.29. The molecule has 1 saturated heterocycles. The van der Waals surface area contributed by atoms with E-state index in [-0.39, 0.29) is 11.2 Å². The van der Waals surface area contributed by atoms with Crippen LogP contribution in [0.3, 0.4) is 0 Å². The molecule has 0 radical (unpaired) electrons. The zero-order valence-corrected chi connectivity index (χ0v) is 11.1. The standard InChI is InChI=1S/C11H11ClN4OS/c12-11-14-9(7-2-6-18-10(7)15-11)16-4-1-8(17)13-3-5-16/h2,6H,1,3-5H2,(H,13,17). The third kappa shape index (κ3) is 2.13. The van der Waals surface area contributed by atoms with E-state index < -0.39 is 0 Å². The molecule has 1 aliphatic heterocycles. The van der Waals surface area contributed by atoms with Gasteiger partial charge in [0.25, 0.3) is 0 Å². The number of carbonyl (C=O) groups is 1. The second kappa shape index (κ2) is 4.70. The Kier molecular flexibility index (Phi) is 3.05. The zero-order chi connectivity index (χ0) is 12.5. The van der Waals surface area contributed by atoms with Crippen LogP contribution in [0.15, 0.2) is 11.4 Å². The minimum Gasteiger partial charge on any atom is -0.354 e. The summed E-state index contributed by atoms with van der Waals surface area (Å²) in [6, 6.07) is 1.99. The monoisotopic (exact) mass is 282 g/mol. The first-order valence-corrected chi connectivity index (χ1v) is 6.92. The number of amides is 1. The number of anilines is 1. The molecule has 1 fully saturated rings. The molecule has 2 aromatic rings. The van der Waals surface area contributed by atoms with Crippen LogP contribution in [0.5, 0.6) is 0 Å². The van der Waals surface area contributed by atoms with E-state index in [1.807, 2.05) is 11.4 Å². The Balaban J connectivity index is 2.02. The lowest BCUT2D eigenvalue weighted by molar-refractivity contribution is -0.120. The SMILES string of the molecule is O=C1CCN(c2nc(Cl)nc3sccc23)CCN1. The number of hydrogen-bond donors (Lipinski definition) is 1. The van der Waals surface area contributed by atoms with Crippen molar-refractivity contribution >= 4 is 44.9 Å². The number of nitrogens with one attached hydrogen (secondary N) is 1. The smallest absolute Gasteiger partial charge is 0.225 e. The molecule has 0 atom stereocenters. The highest BCUT2D eigenvalue weighted by Crippen LogP contribution is 2.29. The third-order valence-corrected chi connectivity index (χ3v) is 3.87. The maximum absolute atomic E-state index is 11.3. The first-order valence-electron chi connectivity index (χ1n) is 5.66. The Bertz CT molecular complexity index is 600.